The standard InChI is InChI=1S/C15H23BrN2OS/c1-18(13-5-8-20-11-13)15-4-3-12(9-14(15)16)10-17-6-7-19-2/h3-4,9,13,17H,5-8,10-11H2,1-2H3. The van der Waals surface area contributed by atoms with E-state index in [0.29, 0.717) is 6.04 Å². The molecule has 20 heavy (non-hydrogen) atoms. The number of methoxy groups -OCH3 is 1. The minimum absolute atomic E-state index is 0.668. The van der Waals surface area contributed by atoms with Crippen molar-refractivity contribution in [2.45, 2.75) is 19.0 Å². The lowest BCUT2D eigenvalue weighted by molar-refractivity contribution is 0.199. The summed E-state index contributed by atoms with van der Waals surface area (Å²) in [5.41, 5.74) is 2.59. The van der Waals surface area contributed by atoms with Gasteiger partial charge in [-0.3, -0.25) is 0 Å². The van der Waals surface area contributed by atoms with Crippen molar-refractivity contribution in [1.82, 2.24) is 5.32 Å². The molecule has 0 bridgehead atoms. The highest BCUT2D eigenvalue weighted by Crippen LogP contribution is 2.31. The molecule has 1 aromatic rings. The van der Waals surface area contributed by atoms with E-state index < -0.39 is 0 Å². The fraction of sp³-hybridized carbons (Fsp3) is 0.600. The Balaban J connectivity index is 1.94. The number of hydrogen-bond acceptors (Lipinski definition) is 4. The van der Waals surface area contributed by atoms with Crippen molar-refractivity contribution in [2.75, 3.05) is 43.7 Å². The van der Waals surface area contributed by atoms with Gasteiger partial charge in [0.25, 0.3) is 0 Å². The van der Waals surface area contributed by atoms with Gasteiger partial charge in [0, 0.05) is 43.5 Å². The van der Waals surface area contributed by atoms with Gasteiger partial charge in [0.1, 0.15) is 0 Å². The van der Waals surface area contributed by atoms with Crippen LogP contribution in [0.15, 0.2) is 22.7 Å². The Morgan fingerprint density at radius 1 is 1.50 bits per heavy atom. The van der Waals surface area contributed by atoms with Crippen LogP contribution >= 0.6 is 27.7 Å². The van der Waals surface area contributed by atoms with Crippen molar-refractivity contribution in [2.24, 2.45) is 0 Å². The van der Waals surface area contributed by atoms with Crippen molar-refractivity contribution >= 4 is 33.4 Å². The summed E-state index contributed by atoms with van der Waals surface area (Å²) in [6.45, 7) is 2.52. The van der Waals surface area contributed by atoms with Gasteiger partial charge in [-0.05, 0) is 45.8 Å². The number of anilines is 1. The molecule has 1 aliphatic rings. The first-order valence-electron chi connectivity index (χ1n) is 7.01. The maximum atomic E-state index is 5.03. The lowest BCUT2D eigenvalue weighted by Crippen LogP contribution is -2.31. The van der Waals surface area contributed by atoms with Crippen LogP contribution < -0.4 is 10.2 Å². The van der Waals surface area contributed by atoms with Gasteiger partial charge in [0.2, 0.25) is 0 Å². The number of benzene rings is 1. The molecule has 0 amide bonds. The predicted molar refractivity (Wildman–Crippen MR) is 91.9 cm³/mol. The van der Waals surface area contributed by atoms with Crippen LogP contribution in [0.2, 0.25) is 0 Å². The second kappa shape index (κ2) is 8.27. The van der Waals surface area contributed by atoms with Crippen molar-refractivity contribution in [3.8, 4) is 0 Å². The molecular weight excluding hydrogens is 336 g/mol. The highest BCUT2D eigenvalue weighted by Gasteiger charge is 2.21. The van der Waals surface area contributed by atoms with E-state index in [1.165, 1.54) is 33.7 Å². The maximum absolute atomic E-state index is 5.03. The number of nitrogens with zero attached hydrogens (tertiary/aromatic N) is 1. The second-order valence-electron chi connectivity index (χ2n) is 5.08. The van der Waals surface area contributed by atoms with Crippen molar-refractivity contribution in [3.63, 3.8) is 0 Å². The summed E-state index contributed by atoms with van der Waals surface area (Å²) in [7, 11) is 3.93. The van der Waals surface area contributed by atoms with E-state index in [4.69, 9.17) is 4.74 Å². The summed E-state index contributed by atoms with van der Waals surface area (Å²) in [6.07, 6.45) is 1.29. The molecule has 3 nitrogen and oxygen atoms in total. The Morgan fingerprint density at radius 2 is 2.35 bits per heavy atom. The van der Waals surface area contributed by atoms with E-state index in [0.717, 1.165) is 19.7 Å². The molecule has 1 heterocycles. The largest absolute Gasteiger partial charge is 0.383 e. The molecule has 1 saturated heterocycles. The van der Waals surface area contributed by atoms with Gasteiger partial charge in [0.05, 0.1) is 12.3 Å². The van der Waals surface area contributed by atoms with Gasteiger partial charge >= 0.3 is 0 Å². The molecule has 0 saturated carbocycles. The Hall–Kier alpha value is -0.230. The first-order valence-corrected chi connectivity index (χ1v) is 8.96. The van der Waals surface area contributed by atoms with Gasteiger partial charge < -0.3 is 15.0 Å². The van der Waals surface area contributed by atoms with Crippen LogP contribution in [0.5, 0.6) is 0 Å². The Bertz CT molecular complexity index is 424. The zero-order valence-corrected chi connectivity index (χ0v) is 14.6. The molecule has 0 spiro atoms. The van der Waals surface area contributed by atoms with Gasteiger partial charge in [0.15, 0.2) is 0 Å². The Labute approximate surface area is 134 Å². The number of nitrogens with one attached hydrogen (secondary N) is 1. The van der Waals surface area contributed by atoms with Gasteiger partial charge in [-0.25, -0.2) is 0 Å². The average molecular weight is 359 g/mol. The third-order valence-electron chi connectivity index (χ3n) is 3.66. The van der Waals surface area contributed by atoms with Crippen molar-refractivity contribution in [3.05, 3.63) is 28.2 Å². The van der Waals surface area contributed by atoms with E-state index in [2.05, 4.69) is 63.2 Å². The Morgan fingerprint density at radius 3 is 3.00 bits per heavy atom. The summed E-state index contributed by atoms with van der Waals surface area (Å²) in [4.78, 5) is 2.41. The highest BCUT2D eigenvalue weighted by atomic mass is 79.9. The summed E-state index contributed by atoms with van der Waals surface area (Å²) in [6, 6.07) is 7.31. The van der Waals surface area contributed by atoms with Crippen molar-refractivity contribution in [1.29, 1.82) is 0 Å². The number of ether oxygens (including phenoxy) is 1. The molecule has 0 aliphatic carbocycles. The first kappa shape index (κ1) is 16.1. The van der Waals surface area contributed by atoms with E-state index in [9.17, 15) is 0 Å². The molecule has 1 unspecified atom stereocenters. The third-order valence-corrected chi connectivity index (χ3v) is 5.44. The molecule has 112 valence electrons. The zero-order chi connectivity index (χ0) is 14.4. The highest BCUT2D eigenvalue weighted by molar-refractivity contribution is 9.10. The van der Waals surface area contributed by atoms with Crippen LogP contribution in [0.3, 0.4) is 0 Å². The maximum Gasteiger partial charge on any atom is 0.0587 e. The third kappa shape index (κ3) is 4.38. The smallest absolute Gasteiger partial charge is 0.0587 e. The molecule has 5 heteroatoms. The number of thioether (sulfide) groups is 1. The summed E-state index contributed by atoms with van der Waals surface area (Å²) < 4.78 is 6.21. The van der Waals surface area contributed by atoms with Crippen LogP contribution in [0.25, 0.3) is 0 Å². The van der Waals surface area contributed by atoms with E-state index in [1.54, 1.807) is 7.11 Å². The van der Waals surface area contributed by atoms with Crippen LogP contribution in [0.1, 0.15) is 12.0 Å². The van der Waals surface area contributed by atoms with Crippen LogP contribution in [-0.2, 0) is 11.3 Å². The molecule has 1 atom stereocenters. The lowest BCUT2D eigenvalue weighted by atomic mass is 10.1. The molecule has 2 rings (SSSR count). The number of halogens is 1. The van der Waals surface area contributed by atoms with Gasteiger partial charge in [-0.15, -0.1) is 0 Å². The first-order chi connectivity index (χ1) is 9.72. The van der Waals surface area contributed by atoms with Crippen LogP contribution in [-0.4, -0.2) is 44.9 Å². The monoisotopic (exact) mass is 358 g/mol. The molecule has 1 fully saturated rings. The fourth-order valence-corrected chi connectivity index (χ4v) is 4.35. The van der Waals surface area contributed by atoms with E-state index in [1.807, 2.05) is 0 Å². The summed E-state index contributed by atoms with van der Waals surface area (Å²) in [5, 5.41) is 3.37. The van der Waals surface area contributed by atoms with E-state index in [-0.39, 0.29) is 0 Å². The molecule has 1 aliphatic heterocycles. The Kier molecular flexibility index (Phi) is 6.68. The molecule has 1 aromatic carbocycles. The lowest BCUT2D eigenvalue weighted by Gasteiger charge is -2.27. The molecule has 1 N–H and O–H groups in total. The minimum atomic E-state index is 0.668. The second-order valence-corrected chi connectivity index (χ2v) is 7.09. The van der Waals surface area contributed by atoms with Crippen molar-refractivity contribution < 1.29 is 4.74 Å². The quantitative estimate of drug-likeness (QED) is 0.756. The fourth-order valence-electron chi connectivity index (χ4n) is 2.38. The number of rotatable bonds is 7. The summed E-state index contributed by atoms with van der Waals surface area (Å²) >= 11 is 5.77. The predicted octanol–water partition coefficient (Wildman–Crippen LogP) is 3.13. The molecule has 0 aromatic heterocycles. The number of hydrogen-bond donors (Lipinski definition) is 1. The van der Waals surface area contributed by atoms with E-state index >= 15 is 0 Å². The molecular formula is C15H23BrN2OS. The van der Waals surface area contributed by atoms with Crippen LogP contribution in [0, 0.1) is 0 Å². The molecule has 0 radical (unpaired) electrons. The SMILES string of the molecule is COCCNCc1ccc(N(C)C2CCSC2)c(Br)c1. The average Bonchev–Trinajstić information content (AvgIpc) is 2.97. The summed E-state index contributed by atoms with van der Waals surface area (Å²) in [5.74, 6) is 2.53. The van der Waals surface area contributed by atoms with Gasteiger partial charge in [-0.2, -0.15) is 11.8 Å². The topological polar surface area (TPSA) is 24.5 Å². The normalized spacial score (nSPS) is 18.4. The minimum Gasteiger partial charge on any atom is -0.383 e. The zero-order valence-electron chi connectivity index (χ0n) is 12.2. The van der Waals surface area contributed by atoms with Gasteiger partial charge in [-0.1, -0.05) is 6.07 Å². The van der Waals surface area contributed by atoms with Crippen LogP contribution in [0.4, 0.5) is 5.69 Å².